The maximum atomic E-state index is 13.6. The van der Waals surface area contributed by atoms with Crippen molar-refractivity contribution in [2.45, 2.75) is 140 Å². The number of nitrogens with zero attached hydrogens (tertiary/aromatic N) is 2. The molecule has 4 heterocycles. The second-order valence-corrected chi connectivity index (χ2v) is 29.3. The molecule has 2 saturated carbocycles. The summed E-state index contributed by atoms with van der Waals surface area (Å²) in [5, 5.41) is 12.7. The minimum atomic E-state index is -3.41. The Labute approximate surface area is 426 Å². The maximum Gasteiger partial charge on any atom is 0.333 e. The highest BCUT2D eigenvalue weighted by Crippen LogP contribution is 2.68. The van der Waals surface area contributed by atoms with Crippen molar-refractivity contribution in [1.82, 2.24) is 19.1 Å². The lowest BCUT2D eigenvalue weighted by atomic mass is 10.1. The van der Waals surface area contributed by atoms with Gasteiger partial charge in [-0.05, 0) is 54.9 Å². The van der Waals surface area contributed by atoms with Crippen LogP contribution in [0.3, 0.4) is 0 Å². The molecular formula is C50H72N4O16P2Si. The van der Waals surface area contributed by atoms with Gasteiger partial charge in [0.2, 0.25) is 0 Å². The molecule has 402 valence electrons. The number of ether oxygens (including phenoxy) is 4. The summed E-state index contributed by atoms with van der Waals surface area (Å²) in [5.41, 5.74) is -2.27. The smallest absolute Gasteiger partial charge is 0.333 e. The summed E-state index contributed by atoms with van der Waals surface area (Å²) < 4.78 is 82.5. The van der Waals surface area contributed by atoms with Crippen LogP contribution < -0.4 is 32.9 Å². The molecule has 2 aromatic carbocycles. The number of aromatic amines is 2. The number of aliphatic hydroxyl groups is 1. The van der Waals surface area contributed by atoms with E-state index in [2.05, 4.69) is 55.0 Å². The fourth-order valence-corrected chi connectivity index (χ4v) is 18.8. The van der Waals surface area contributed by atoms with Gasteiger partial charge in [-0.2, -0.15) is 0 Å². The van der Waals surface area contributed by atoms with Crippen LogP contribution in [0, 0.1) is 25.7 Å². The van der Waals surface area contributed by atoms with E-state index in [0.29, 0.717) is 37.2 Å². The van der Waals surface area contributed by atoms with E-state index in [9.17, 15) is 33.4 Å². The Hall–Kier alpha value is -3.92. The quantitative estimate of drug-likeness (QED) is 0.0767. The Balaban J connectivity index is 0.000000239. The molecule has 12 atom stereocenters. The Morgan fingerprint density at radius 1 is 0.644 bits per heavy atom. The molecule has 20 nitrogen and oxygen atoms in total. The Kier molecular flexibility index (Phi) is 18.0. The average molecular weight is 1080 g/mol. The first kappa shape index (κ1) is 56.8. The molecule has 2 aromatic heterocycles. The van der Waals surface area contributed by atoms with Crippen LogP contribution in [0.1, 0.15) is 83.9 Å². The molecule has 6 unspecified atom stereocenters. The summed E-state index contributed by atoms with van der Waals surface area (Å²) in [6.07, 6.45) is -0.956. The molecule has 4 aliphatic rings. The molecular weight excluding hydrogens is 1000 g/mol. The average Bonchev–Trinajstić information content (AvgIpc) is 4.31. The van der Waals surface area contributed by atoms with Gasteiger partial charge in [0.15, 0.2) is 12.5 Å². The highest BCUT2D eigenvalue weighted by Gasteiger charge is 2.65. The van der Waals surface area contributed by atoms with E-state index in [1.807, 2.05) is 50.2 Å². The summed E-state index contributed by atoms with van der Waals surface area (Å²) in [6.45, 7) is 14.5. The molecule has 2 saturated heterocycles. The van der Waals surface area contributed by atoms with Gasteiger partial charge < -0.3 is 46.6 Å². The Morgan fingerprint density at radius 3 is 1.45 bits per heavy atom. The third-order valence-electron chi connectivity index (χ3n) is 14.4. The summed E-state index contributed by atoms with van der Waals surface area (Å²) in [6, 6.07) is 20.6. The molecule has 2 aliphatic heterocycles. The monoisotopic (exact) mass is 1070 g/mol. The van der Waals surface area contributed by atoms with Crippen molar-refractivity contribution in [2.24, 2.45) is 11.8 Å². The van der Waals surface area contributed by atoms with Gasteiger partial charge in [0.1, 0.15) is 24.4 Å². The molecule has 0 spiro atoms. The van der Waals surface area contributed by atoms with E-state index < -0.39 is 101 Å². The third-order valence-corrected chi connectivity index (χ3v) is 24.2. The zero-order valence-electron chi connectivity index (χ0n) is 43.5. The van der Waals surface area contributed by atoms with Gasteiger partial charge in [0, 0.05) is 77.0 Å². The Bertz CT molecular complexity index is 2800. The van der Waals surface area contributed by atoms with E-state index in [-0.39, 0.29) is 22.5 Å². The van der Waals surface area contributed by atoms with Gasteiger partial charge in [-0.25, -0.2) is 9.59 Å². The fraction of sp³-hybridized carbons (Fsp3) is 0.600. The lowest BCUT2D eigenvalue weighted by Crippen LogP contribution is -2.69. The fourth-order valence-electron chi connectivity index (χ4n) is 10.5. The minimum Gasteiger partial charge on any atom is -0.399 e. The van der Waals surface area contributed by atoms with E-state index in [1.54, 1.807) is 13.8 Å². The van der Waals surface area contributed by atoms with Crippen LogP contribution in [0.4, 0.5) is 0 Å². The summed E-state index contributed by atoms with van der Waals surface area (Å²) in [7, 11) is -4.40. The van der Waals surface area contributed by atoms with E-state index >= 15 is 0 Å². The van der Waals surface area contributed by atoms with Crippen molar-refractivity contribution in [1.29, 1.82) is 0 Å². The minimum absolute atomic E-state index is 0.240. The van der Waals surface area contributed by atoms with E-state index in [0.717, 1.165) is 23.2 Å². The number of benzene rings is 2. The number of aliphatic hydroxyl groups excluding tert-OH is 1. The number of aromatic nitrogens is 4. The topological polar surface area (TPSA) is 247 Å². The van der Waals surface area contributed by atoms with Crippen molar-refractivity contribution in [3.63, 3.8) is 0 Å². The molecule has 73 heavy (non-hydrogen) atoms. The van der Waals surface area contributed by atoms with Crippen molar-refractivity contribution in [3.05, 3.63) is 126 Å². The molecule has 4 fully saturated rings. The van der Waals surface area contributed by atoms with Crippen LogP contribution in [-0.4, -0.2) is 122 Å². The van der Waals surface area contributed by atoms with Gasteiger partial charge in [-0.3, -0.25) is 37.8 Å². The zero-order valence-corrected chi connectivity index (χ0v) is 46.2. The molecule has 8 rings (SSSR count). The van der Waals surface area contributed by atoms with Crippen LogP contribution in [0.25, 0.3) is 0 Å². The molecule has 0 amide bonds. The summed E-state index contributed by atoms with van der Waals surface area (Å²) >= 11 is 0. The maximum absolute atomic E-state index is 13.6. The van der Waals surface area contributed by atoms with Gasteiger partial charge >= 0.3 is 26.6 Å². The SMILES string of the molecule is CCCOC1[C@@H](O)[C@@H](C2CC2P(=O)(OC)OC)O[C@H]1n1cc(C)c(=O)[nH]c1=O.CCCOC1[C@@H](O[Si](c2ccccc2)(c2ccccc2)C(C)(C)C)[C@@H](C2CC2P(=O)(OC)OC)O[C@H]1n1cc(C)c(=O)[nH]c1=O. The van der Waals surface area contributed by atoms with E-state index in [4.69, 9.17) is 41.5 Å². The first-order valence-electron chi connectivity index (χ1n) is 24.8. The number of hydrogen-bond acceptors (Lipinski definition) is 16. The lowest BCUT2D eigenvalue weighted by molar-refractivity contribution is -0.0719. The number of hydrogen-bond donors (Lipinski definition) is 3. The first-order valence-corrected chi connectivity index (χ1v) is 29.9. The number of H-pyrrole nitrogens is 2. The number of aryl methyl sites for hydroxylation is 2. The van der Waals surface area contributed by atoms with Gasteiger partial charge in [0.25, 0.3) is 19.4 Å². The molecule has 23 heteroatoms. The summed E-state index contributed by atoms with van der Waals surface area (Å²) in [5.74, 6) is -0.491. The van der Waals surface area contributed by atoms with Crippen LogP contribution in [0.2, 0.25) is 5.04 Å². The van der Waals surface area contributed by atoms with Crippen LogP contribution in [0.5, 0.6) is 0 Å². The lowest BCUT2D eigenvalue weighted by Gasteiger charge is -2.46. The standard InChI is InChI=1S/C33H45N2O8PSi.C17H27N2O8P/c1-8-19-41-29-28(43-45(33(3,4)5,23-15-11-9-12-16-23)24-17-13-10-14-18-24)27(25-20-26(25)44(38,39-6)40-7)42-31(29)35-21-22(2)30(36)34-32(35)37;1-5-6-26-14-12(20)13(10-7-11(10)28(23,24-3)25-4)27-16(14)19-8-9(2)15(21)18-17(19)22/h9-18,21,25-29,31H,8,19-20H2,1-7H3,(H,34,36,37);8,10-14,16,20H,5-7H2,1-4H3,(H,18,21,22)/t25?,26?,27-,28+,29?,31-;10?,11?,12-,13+,14?,16+/m10/s1. The normalized spacial score (nSPS) is 28.2. The summed E-state index contributed by atoms with van der Waals surface area (Å²) in [4.78, 5) is 54.2. The van der Waals surface area contributed by atoms with Crippen molar-refractivity contribution < 1.29 is 55.7 Å². The van der Waals surface area contributed by atoms with Gasteiger partial charge in [-0.15, -0.1) is 0 Å². The predicted molar refractivity (Wildman–Crippen MR) is 276 cm³/mol. The predicted octanol–water partition coefficient (Wildman–Crippen LogP) is 5.13. The zero-order chi connectivity index (χ0) is 53.2. The second-order valence-electron chi connectivity index (χ2n) is 20.1. The number of rotatable bonds is 20. The first-order chi connectivity index (χ1) is 34.7. The van der Waals surface area contributed by atoms with Crippen LogP contribution in [-0.2, 0) is 50.6 Å². The van der Waals surface area contributed by atoms with Crippen LogP contribution in [0.15, 0.2) is 92.2 Å². The van der Waals surface area contributed by atoms with Crippen LogP contribution >= 0.6 is 15.2 Å². The molecule has 2 aliphatic carbocycles. The molecule has 0 bridgehead atoms. The van der Waals surface area contributed by atoms with Crippen molar-refractivity contribution >= 4 is 33.9 Å². The van der Waals surface area contributed by atoms with Gasteiger partial charge in [0.05, 0.1) is 23.5 Å². The van der Waals surface area contributed by atoms with E-state index in [1.165, 1.54) is 50.0 Å². The van der Waals surface area contributed by atoms with Gasteiger partial charge in [-0.1, -0.05) is 95.3 Å². The number of nitrogens with one attached hydrogen (secondary N) is 2. The molecule has 3 N–H and O–H groups in total. The Morgan fingerprint density at radius 2 is 1.04 bits per heavy atom. The molecule has 4 aromatic rings. The largest absolute Gasteiger partial charge is 0.399 e. The second kappa shape index (κ2) is 23.1. The van der Waals surface area contributed by atoms with Crippen molar-refractivity contribution in [2.75, 3.05) is 41.7 Å². The highest BCUT2D eigenvalue weighted by molar-refractivity contribution is 7.55. The highest BCUT2D eigenvalue weighted by atomic mass is 31.2. The van der Waals surface area contributed by atoms with Crippen molar-refractivity contribution in [3.8, 4) is 0 Å². The third kappa shape index (κ3) is 11.3. The molecule has 0 radical (unpaired) electrons.